The number of aromatic nitrogens is 2. The van der Waals surface area contributed by atoms with E-state index < -0.39 is 0 Å². The van der Waals surface area contributed by atoms with E-state index in [1.807, 2.05) is 44.1 Å². The number of fused-ring (bicyclic) bond motifs is 1. The number of phenolic OH excluding ortho intramolecular Hbond substituents is 1. The van der Waals surface area contributed by atoms with Crippen LogP contribution in [-0.4, -0.2) is 47.8 Å². The number of allylic oxidation sites excluding steroid dienone is 1. The summed E-state index contributed by atoms with van der Waals surface area (Å²) in [7, 11) is 4.05. The van der Waals surface area contributed by atoms with Crippen LogP contribution >= 0.6 is 0 Å². The standard InChI is InChI=1S/C31H43N5O/c1-20(2)25-18-21(19-26(28(25)37)31(3,4)5)16-17-32-22-12-14-23(15-13-22)33-30-34-27-11-9-8-10-24(27)29(35-30)36(6)7/h8-11,18-19,22-23,32,37H,1,12-17H2,2-7H3,(H,33,34,35)/t22-,23+. The summed E-state index contributed by atoms with van der Waals surface area (Å²) < 4.78 is 0. The van der Waals surface area contributed by atoms with Crippen LogP contribution in [0.25, 0.3) is 16.5 Å². The predicted molar refractivity (Wildman–Crippen MR) is 157 cm³/mol. The number of aromatic hydroxyl groups is 1. The lowest BCUT2D eigenvalue weighted by Gasteiger charge is -2.30. The van der Waals surface area contributed by atoms with Gasteiger partial charge in [0, 0.05) is 42.7 Å². The molecule has 1 heterocycles. The summed E-state index contributed by atoms with van der Waals surface area (Å²) in [6, 6.07) is 13.4. The molecule has 0 saturated heterocycles. The SMILES string of the molecule is C=C(C)c1cc(CCN[C@H]2CC[C@@H](Nc3nc(N(C)C)c4ccccc4n3)CC2)cc(C(C)(C)C)c1O. The van der Waals surface area contributed by atoms with E-state index in [0.717, 1.165) is 72.1 Å². The number of nitrogens with zero attached hydrogens (tertiary/aromatic N) is 3. The van der Waals surface area contributed by atoms with Crippen molar-refractivity contribution in [2.75, 3.05) is 30.9 Å². The van der Waals surface area contributed by atoms with Gasteiger partial charge in [-0.25, -0.2) is 4.98 Å². The Morgan fingerprint density at radius 1 is 1.05 bits per heavy atom. The quantitative estimate of drug-likeness (QED) is 0.337. The highest BCUT2D eigenvalue weighted by Gasteiger charge is 2.23. The highest BCUT2D eigenvalue weighted by molar-refractivity contribution is 5.90. The van der Waals surface area contributed by atoms with Crippen LogP contribution in [0, 0.1) is 0 Å². The van der Waals surface area contributed by atoms with Crippen molar-refractivity contribution in [3.05, 3.63) is 59.7 Å². The van der Waals surface area contributed by atoms with Crippen molar-refractivity contribution in [1.29, 1.82) is 0 Å². The normalized spacial score (nSPS) is 18.1. The van der Waals surface area contributed by atoms with E-state index in [1.54, 1.807) is 0 Å². The fourth-order valence-corrected chi connectivity index (χ4v) is 5.25. The number of rotatable bonds is 8. The number of anilines is 2. The van der Waals surface area contributed by atoms with Crippen LogP contribution < -0.4 is 15.5 Å². The first-order valence-electron chi connectivity index (χ1n) is 13.5. The van der Waals surface area contributed by atoms with Gasteiger partial charge in [0.1, 0.15) is 11.6 Å². The second-order valence-electron chi connectivity index (χ2n) is 11.7. The first kappa shape index (κ1) is 26.9. The van der Waals surface area contributed by atoms with E-state index in [0.29, 0.717) is 23.8 Å². The zero-order chi connectivity index (χ0) is 26.7. The Morgan fingerprint density at radius 3 is 2.38 bits per heavy atom. The maximum Gasteiger partial charge on any atom is 0.225 e. The van der Waals surface area contributed by atoms with E-state index in [2.05, 4.69) is 56.2 Å². The molecule has 1 aromatic heterocycles. The number of para-hydroxylation sites is 1. The Hall–Kier alpha value is -3.12. The van der Waals surface area contributed by atoms with Crippen molar-refractivity contribution in [2.45, 2.75) is 77.3 Å². The van der Waals surface area contributed by atoms with Gasteiger partial charge in [-0.05, 0) is 80.3 Å². The monoisotopic (exact) mass is 501 g/mol. The summed E-state index contributed by atoms with van der Waals surface area (Å²) >= 11 is 0. The lowest BCUT2D eigenvalue weighted by molar-refractivity contribution is 0.355. The summed E-state index contributed by atoms with van der Waals surface area (Å²) in [6.45, 7) is 13.4. The molecule has 0 radical (unpaired) electrons. The third-order valence-electron chi connectivity index (χ3n) is 7.35. The Balaban J connectivity index is 1.32. The van der Waals surface area contributed by atoms with Crippen molar-refractivity contribution in [2.24, 2.45) is 0 Å². The Bertz CT molecular complexity index is 1250. The van der Waals surface area contributed by atoms with Crippen LogP contribution in [0.4, 0.5) is 11.8 Å². The lowest BCUT2D eigenvalue weighted by atomic mass is 9.83. The summed E-state index contributed by atoms with van der Waals surface area (Å²) in [5.41, 5.74) is 4.85. The molecule has 4 rings (SSSR count). The first-order chi connectivity index (χ1) is 17.5. The number of hydrogen-bond donors (Lipinski definition) is 3. The molecule has 0 amide bonds. The number of hydrogen-bond acceptors (Lipinski definition) is 6. The van der Waals surface area contributed by atoms with Crippen molar-refractivity contribution >= 4 is 28.2 Å². The second-order valence-corrected chi connectivity index (χ2v) is 11.7. The molecule has 2 aromatic carbocycles. The van der Waals surface area contributed by atoms with Gasteiger partial charge in [-0.3, -0.25) is 0 Å². The topological polar surface area (TPSA) is 73.3 Å². The highest BCUT2D eigenvalue weighted by atomic mass is 16.3. The molecule has 37 heavy (non-hydrogen) atoms. The summed E-state index contributed by atoms with van der Waals surface area (Å²) in [4.78, 5) is 11.6. The fourth-order valence-electron chi connectivity index (χ4n) is 5.25. The van der Waals surface area contributed by atoms with Gasteiger partial charge in [-0.1, -0.05) is 45.5 Å². The third kappa shape index (κ3) is 6.42. The van der Waals surface area contributed by atoms with Gasteiger partial charge in [0.15, 0.2) is 0 Å². The Labute approximate surface area is 222 Å². The molecule has 198 valence electrons. The van der Waals surface area contributed by atoms with Gasteiger partial charge in [0.05, 0.1) is 5.52 Å². The molecule has 3 N–H and O–H groups in total. The smallest absolute Gasteiger partial charge is 0.225 e. The molecule has 1 aliphatic carbocycles. The lowest BCUT2D eigenvalue weighted by Crippen LogP contribution is -2.38. The molecule has 0 bridgehead atoms. The highest BCUT2D eigenvalue weighted by Crippen LogP contribution is 2.37. The summed E-state index contributed by atoms with van der Waals surface area (Å²) in [5, 5.41) is 19.2. The van der Waals surface area contributed by atoms with Gasteiger partial charge < -0.3 is 20.6 Å². The average molecular weight is 502 g/mol. The fraction of sp³-hybridized carbons (Fsp3) is 0.484. The molecule has 0 aliphatic heterocycles. The van der Waals surface area contributed by atoms with Crippen molar-refractivity contribution in [3.8, 4) is 5.75 Å². The zero-order valence-electron chi connectivity index (χ0n) is 23.4. The first-order valence-corrected chi connectivity index (χ1v) is 13.5. The maximum atomic E-state index is 10.8. The molecule has 1 aliphatic rings. The second kappa shape index (κ2) is 11.1. The molecule has 1 fully saturated rings. The zero-order valence-corrected chi connectivity index (χ0v) is 23.4. The molecule has 1 saturated carbocycles. The largest absolute Gasteiger partial charge is 0.507 e. The number of benzene rings is 2. The molecule has 0 atom stereocenters. The third-order valence-corrected chi connectivity index (χ3v) is 7.35. The van der Waals surface area contributed by atoms with Crippen LogP contribution in [0.15, 0.2) is 43.0 Å². The van der Waals surface area contributed by atoms with E-state index in [9.17, 15) is 5.11 Å². The predicted octanol–water partition coefficient (Wildman–Crippen LogP) is 6.29. The van der Waals surface area contributed by atoms with Gasteiger partial charge in [0.2, 0.25) is 5.95 Å². The Kier molecular flexibility index (Phi) is 8.08. The van der Waals surface area contributed by atoms with Crippen molar-refractivity contribution in [1.82, 2.24) is 15.3 Å². The number of nitrogens with one attached hydrogen (secondary N) is 2. The van der Waals surface area contributed by atoms with Crippen LogP contribution in [0.3, 0.4) is 0 Å². The summed E-state index contributed by atoms with van der Waals surface area (Å²) in [6.07, 6.45) is 5.38. The minimum atomic E-state index is -0.120. The minimum Gasteiger partial charge on any atom is -0.507 e. The molecule has 6 nitrogen and oxygen atoms in total. The van der Waals surface area contributed by atoms with Crippen molar-refractivity contribution in [3.63, 3.8) is 0 Å². The summed E-state index contributed by atoms with van der Waals surface area (Å²) in [5.74, 6) is 2.03. The van der Waals surface area contributed by atoms with E-state index >= 15 is 0 Å². The van der Waals surface area contributed by atoms with E-state index in [-0.39, 0.29) is 5.41 Å². The minimum absolute atomic E-state index is 0.120. The molecular formula is C31H43N5O. The van der Waals surface area contributed by atoms with Crippen LogP contribution in [0.1, 0.15) is 70.1 Å². The van der Waals surface area contributed by atoms with Crippen LogP contribution in [0.2, 0.25) is 0 Å². The van der Waals surface area contributed by atoms with Crippen LogP contribution in [0.5, 0.6) is 5.75 Å². The van der Waals surface area contributed by atoms with Crippen molar-refractivity contribution < 1.29 is 5.11 Å². The molecule has 0 unspecified atom stereocenters. The molecular weight excluding hydrogens is 458 g/mol. The number of phenols is 1. The maximum absolute atomic E-state index is 10.8. The van der Waals surface area contributed by atoms with Gasteiger partial charge in [-0.15, -0.1) is 0 Å². The van der Waals surface area contributed by atoms with Gasteiger partial charge in [-0.2, -0.15) is 4.98 Å². The van der Waals surface area contributed by atoms with E-state index in [4.69, 9.17) is 9.97 Å². The van der Waals surface area contributed by atoms with Crippen LogP contribution in [-0.2, 0) is 11.8 Å². The average Bonchev–Trinajstić information content (AvgIpc) is 2.84. The Morgan fingerprint density at radius 2 is 1.73 bits per heavy atom. The molecule has 3 aromatic rings. The van der Waals surface area contributed by atoms with Gasteiger partial charge >= 0.3 is 0 Å². The van der Waals surface area contributed by atoms with Gasteiger partial charge in [0.25, 0.3) is 0 Å². The molecule has 6 heteroatoms. The molecule has 0 spiro atoms. The van der Waals surface area contributed by atoms with E-state index in [1.165, 1.54) is 5.56 Å².